The van der Waals surface area contributed by atoms with Crippen LogP contribution in [0.25, 0.3) is 0 Å². The van der Waals surface area contributed by atoms with E-state index in [0.717, 1.165) is 37.7 Å². The highest BCUT2D eigenvalue weighted by molar-refractivity contribution is 5.40. The van der Waals surface area contributed by atoms with Crippen molar-refractivity contribution in [2.75, 3.05) is 18.9 Å². The summed E-state index contributed by atoms with van der Waals surface area (Å²) in [6, 6.07) is 8.15. The smallest absolute Gasteiger partial charge is 0.0494 e. The first kappa shape index (κ1) is 13.4. The molecule has 0 spiro atoms. The number of benzene rings is 1. The minimum Gasteiger partial charge on any atom is -0.399 e. The second-order valence-corrected chi connectivity index (χ2v) is 5.43. The van der Waals surface area contributed by atoms with E-state index in [0.29, 0.717) is 0 Å². The summed E-state index contributed by atoms with van der Waals surface area (Å²) in [6.07, 6.45) is 9.12. The van der Waals surface area contributed by atoms with Gasteiger partial charge < -0.3 is 10.5 Å². The van der Waals surface area contributed by atoms with E-state index >= 15 is 0 Å². The van der Waals surface area contributed by atoms with E-state index in [-0.39, 0.29) is 0 Å². The summed E-state index contributed by atoms with van der Waals surface area (Å²) in [4.78, 5) is 0. The van der Waals surface area contributed by atoms with E-state index in [4.69, 9.17) is 10.5 Å². The quantitative estimate of drug-likeness (QED) is 0.613. The van der Waals surface area contributed by atoms with Crippen molar-refractivity contribution in [3.05, 3.63) is 29.8 Å². The Bertz CT molecular complexity index is 345. The zero-order valence-corrected chi connectivity index (χ0v) is 11.2. The van der Waals surface area contributed by atoms with E-state index in [9.17, 15) is 0 Å². The number of nitrogens with two attached hydrogens (primary N) is 1. The molecule has 0 atom stereocenters. The molecule has 1 aliphatic carbocycles. The molecule has 1 aromatic carbocycles. The number of hydrogen-bond donors (Lipinski definition) is 1. The van der Waals surface area contributed by atoms with Gasteiger partial charge in [-0.3, -0.25) is 0 Å². The molecule has 1 aromatic rings. The SMILES string of the molecule is Nc1cccc(CCCOCC2CCCCC2)c1. The summed E-state index contributed by atoms with van der Waals surface area (Å²) in [7, 11) is 0. The van der Waals surface area contributed by atoms with E-state index in [1.54, 1.807) is 0 Å². The second-order valence-electron chi connectivity index (χ2n) is 5.43. The van der Waals surface area contributed by atoms with Gasteiger partial charge in [-0.2, -0.15) is 0 Å². The van der Waals surface area contributed by atoms with Crippen molar-refractivity contribution in [2.45, 2.75) is 44.9 Å². The largest absolute Gasteiger partial charge is 0.399 e. The van der Waals surface area contributed by atoms with Crippen LogP contribution < -0.4 is 5.73 Å². The zero-order valence-electron chi connectivity index (χ0n) is 11.2. The summed E-state index contributed by atoms with van der Waals surface area (Å²) in [5.74, 6) is 0.825. The van der Waals surface area contributed by atoms with Gasteiger partial charge in [-0.25, -0.2) is 0 Å². The molecule has 0 radical (unpaired) electrons. The van der Waals surface area contributed by atoms with Gasteiger partial charge in [0.05, 0.1) is 0 Å². The molecule has 100 valence electrons. The van der Waals surface area contributed by atoms with Crippen LogP contribution in [0.3, 0.4) is 0 Å². The predicted molar refractivity (Wildman–Crippen MR) is 76.6 cm³/mol. The summed E-state index contributed by atoms with van der Waals surface area (Å²) in [5, 5.41) is 0. The number of hydrogen-bond acceptors (Lipinski definition) is 2. The average Bonchev–Trinajstić information content (AvgIpc) is 2.40. The number of anilines is 1. The molecule has 1 fully saturated rings. The standard InChI is InChI=1S/C16H25NO/c17-16-10-4-8-14(12-16)9-5-11-18-13-15-6-2-1-3-7-15/h4,8,10,12,15H,1-3,5-7,9,11,13,17H2. The van der Waals surface area contributed by atoms with Crippen LogP contribution >= 0.6 is 0 Å². The molecule has 18 heavy (non-hydrogen) atoms. The van der Waals surface area contributed by atoms with Crippen molar-refractivity contribution >= 4 is 5.69 Å². The Morgan fingerprint density at radius 2 is 2.00 bits per heavy atom. The van der Waals surface area contributed by atoms with Crippen molar-refractivity contribution in [3.8, 4) is 0 Å². The molecule has 2 N–H and O–H groups in total. The molecule has 0 bridgehead atoms. The van der Waals surface area contributed by atoms with Gasteiger partial charge in [0.25, 0.3) is 0 Å². The van der Waals surface area contributed by atoms with Crippen LogP contribution in [-0.4, -0.2) is 13.2 Å². The monoisotopic (exact) mass is 247 g/mol. The first-order chi connectivity index (χ1) is 8.84. The van der Waals surface area contributed by atoms with Crippen molar-refractivity contribution < 1.29 is 4.74 Å². The molecular formula is C16H25NO. The van der Waals surface area contributed by atoms with Gasteiger partial charge in [-0.1, -0.05) is 31.4 Å². The molecule has 0 aliphatic heterocycles. The Labute approximate surface area is 111 Å². The first-order valence-corrected chi connectivity index (χ1v) is 7.27. The average molecular weight is 247 g/mol. The summed E-state index contributed by atoms with van der Waals surface area (Å²) in [5.41, 5.74) is 7.93. The summed E-state index contributed by atoms with van der Waals surface area (Å²) >= 11 is 0. The van der Waals surface area contributed by atoms with Crippen molar-refractivity contribution in [1.82, 2.24) is 0 Å². The molecule has 1 saturated carbocycles. The normalized spacial score (nSPS) is 16.9. The third kappa shape index (κ3) is 4.69. The number of aryl methyl sites for hydroxylation is 1. The predicted octanol–water partition coefficient (Wildman–Crippen LogP) is 3.80. The lowest BCUT2D eigenvalue weighted by molar-refractivity contribution is 0.0838. The molecule has 0 amide bonds. The first-order valence-electron chi connectivity index (χ1n) is 7.27. The lowest BCUT2D eigenvalue weighted by Gasteiger charge is -2.21. The van der Waals surface area contributed by atoms with E-state index in [2.05, 4.69) is 12.1 Å². The molecular weight excluding hydrogens is 222 g/mol. The van der Waals surface area contributed by atoms with E-state index < -0.39 is 0 Å². The fourth-order valence-corrected chi connectivity index (χ4v) is 2.73. The zero-order chi connectivity index (χ0) is 12.6. The fourth-order valence-electron chi connectivity index (χ4n) is 2.73. The van der Waals surface area contributed by atoms with Crippen LogP contribution in [0, 0.1) is 5.92 Å². The van der Waals surface area contributed by atoms with Crippen LogP contribution in [0.15, 0.2) is 24.3 Å². The molecule has 2 nitrogen and oxygen atoms in total. The van der Waals surface area contributed by atoms with Crippen LogP contribution in [0.1, 0.15) is 44.1 Å². The topological polar surface area (TPSA) is 35.2 Å². The summed E-state index contributed by atoms with van der Waals surface area (Å²) in [6.45, 7) is 1.85. The van der Waals surface area contributed by atoms with Gasteiger partial charge in [0.1, 0.15) is 0 Å². The van der Waals surface area contributed by atoms with Crippen molar-refractivity contribution in [1.29, 1.82) is 0 Å². The highest BCUT2D eigenvalue weighted by atomic mass is 16.5. The van der Waals surface area contributed by atoms with Gasteiger partial charge in [-0.05, 0) is 49.3 Å². The minimum absolute atomic E-state index is 0.825. The Balaban J connectivity index is 1.55. The Morgan fingerprint density at radius 1 is 1.17 bits per heavy atom. The Hall–Kier alpha value is -1.02. The van der Waals surface area contributed by atoms with Crippen LogP contribution in [0.5, 0.6) is 0 Å². The number of ether oxygens (including phenoxy) is 1. The van der Waals surface area contributed by atoms with Crippen molar-refractivity contribution in [3.63, 3.8) is 0 Å². The van der Waals surface area contributed by atoms with Gasteiger partial charge in [-0.15, -0.1) is 0 Å². The van der Waals surface area contributed by atoms with Gasteiger partial charge in [0.2, 0.25) is 0 Å². The highest BCUT2D eigenvalue weighted by Crippen LogP contribution is 2.23. The third-order valence-corrected chi connectivity index (χ3v) is 3.78. The molecule has 0 heterocycles. The third-order valence-electron chi connectivity index (χ3n) is 3.78. The van der Waals surface area contributed by atoms with E-state index in [1.807, 2.05) is 12.1 Å². The molecule has 0 unspecified atom stereocenters. The Morgan fingerprint density at radius 3 is 2.78 bits per heavy atom. The van der Waals surface area contributed by atoms with Crippen LogP contribution in [0.4, 0.5) is 5.69 Å². The molecule has 2 rings (SSSR count). The molecule has 0 aromatic heterocycles. The number of nitrogen functional groups attached to an aromatic ring is 1. The fraction of sp³-hybridized carbons (Fsp3) is 0.625. The van der Waals surface area contributed by atoms with Gasteiger partial charge in [0, 0.05) is 18.9 Å². The van der Waals surface area contributed by atoms with Gasteiger partial charge in [0.15, 0.2) is 0 Å². The maximum absolute atomic E-state index is 5.79. The van der Waals surface area contributed by atoms with Crippen LogP contribution in [0.2, 0.25) is 0 Å². The highest BCUT2D eigenvalue weighted by Gasteiger charge is 2.12. The van der Waals surface area contributed by atoms with E-state index in [1.165, 1.54) is 37.7 Å². The lowest BCUT2D eigenvalue weighted by atomic mass is 9.90. The second kappa shape index (κ2) is 7.42. The lowest BCUT2D eigenvalue weighted by Crippen LogP contribution is -2.13. The maximum atomic E-state index is 5.79. The molecule has 0 saturated heterocycles. The number of rotatable bonds is 6. The van der Waals surface area contributed by atoms with Crippen LogP contribution in [-0.2, 0) is 11.2 Å². The maximum Gasteiger partial charge on any atom is 0.0494 e. The molecule has 2 heteroatoms. The van der Waals surface area contributed by atoms with Gasteiger partial charge >= 0.3 is 0 Å². The minimum atomic E-state index is 0.825. The van der Waals surface area contributed by atoms with Crippen molar-refractivity contribution in [2.24, 2.45) is 5.92 Å². The summed E-state index contributed by atoms with van der Waals surface area (Å²) < 4.78 is 5.79. The Kier molecular flexibility index (Phi) is 5.53. The molecule has 1 aliphatic rings.